The number of aryl methyl sites for hydroxylation is 1. The molecule has 25 heavy (non-hydrogen) atoms. The average molecular weight is 358 g/mol. The first kappa shape index (κ1) is 17.5. The molecule has 2 N–H and O–H groups in total. The van der Waals surface area contributed by atoms with Crippen LogP contribution in [0.2, 0.25) is 0 Å². The van der Waals surface area contributed by atoms with E-state index in [2.05, 4.69) is 20.8 Å². The zero-order chi connectivity index (χ0) is 18.0. The molecule has 1 atom stereocenters. The summed E-state index contributed by atoms with van der Waals surface area (Å²) >= 11 is 1.41. The molecule has 2 aromatic rings. The van der Waals surface area contributed by atoms with Gasteiger partial charge in [-0.15, -0.1) is 10.2 Å². The van der Waals surface area contributed by atoms with Crippen molar-refractivity contribution in [3.05, 3.63) is 40.4 Å². The molecule has 1 aliphatic carbocycles. The van der Waals surface area contributed by atoms with Crippen LogP contribution in [-0.2, 0) is 4.79 Å². The van der Waals surface area contributed by atoms with E-state index >= 15 is 0 Å². The summed E-state index contributed by atoms with van der Waals surface area (Å²) in [4.78, 5) is 25.1. The lowest BCUT2D eigenvalue weighted by Gasteiger charge is -2.21. The Labute approximate surface area is 151 Å². The number of nitrogens with zero attached hydrogens (tertiary/aromatic N) is 2. The molecular formula is C18H22N4O2S. The van der Waals surface area contributed by atoms with Crippen LogP contribution in [0.4, 0.5) is 5.13 Å². The van der Waals surface area contributed by atoms with E-state index in [0.717, 1.165) is 23.4 Å². The quantitative estimate of drug-likeness (QED) is 0.831. The summed E-state index contributed by atoms with van der Waals surface area (Å²) in [7, 11) is 0. The van der Waals surface area contributed by atoms with E-state index in [1.165, 1.54) is 11.3 Å². The molecule has 0 saturated heterocycles. The number of aromatic nitrogens is 2. The third kappa shape index (κ3) is 4.22. The minimum Gasteiger partial charge on any atom is -0.340 e. The first-order valence-corrected chi connectivity index (χ1v) is 9.28. The standard InChI is InChI=1S/C18H22N4O2S/c1-10(2)14(19-15(23)13-7-5-4-6-11(13)3)16(24)20-18-22-21-17(25-18)12-8-9-12/h4-7,10,12,14H,8-9H2,1-3H3,(H,19,23)(H,20,22,24). The topological polar surface area (TPSA) is 84.0 Å². The molecule has 1 heterocycles. The van der Waals surface area contributed by atoms with Gasteiger partial charge in [-0.3, -0.25) is 14.9 Å². The molecule has 0 spiro atoms. The third-order valence-corrected chi connectivity index (χ3v) is 5.22. The number of benzene rings is 1. The number of hydrogen-bond donors (Lipinski definition) is 2. The number of amides is 2. The SMILES string of the molecule is Cc1ccccc1C(=O)NC(C(=O)Nc1nnc(C2CC2)s1)C(C)C. The minimum atomic E-state index is -0.639. The largest absolute Gasteiger partial charge is 0.340 e. The number of carbonyl (C=O) groups is 2. The fraction of sp³-hybridized carbons (Fsp3) is 0.444. The van der Waals surface area contributed by atoms with Gasteiger partial charge in [0.2, 0.25) is 11.0 Å². The first-order chi connectivity index (χ1) is 12.0. The van der Waals surface area contributed by atoms with Gasteiger partial charge in [-0.1, -0.05) is 43.4 Å². The first-order valence-electron chi connectivity index (χ1n) is 8.46. The van der Waals surface area contributed by atoms with Crippen LogP contribution in [0.1, 0.15) is 53.5 Å². The number of rotatable bonds is 6. The zero-order valence-corrected chi connectivity index (χ0v) is 15.4. The summed E-state index contributed by atoms with van der Waals surface area (Å²) in [5.41, 5.74) is 1.45. The smallest absolute Gasteiger partial charge is 0.252 e. The van der Waals surface area contributed by atoms with Crippen LogP contribution < -0.4 is 10.6 Å². The Hall–Kier alpha value is -2.28. The highest BCUT2D eigenvalue weighted by molar-refractivity contribution is 7.15. The Morgan fingerprint density at radius 2 is 1.92 bits per heavy atom. The van der Waals surface area contributed by atoms with Crippen molar-refractivity contribution in [1.29, 1.82) is 0 Å². The van der Waals surface area contributed by atoms with Gasteiger partial charge >= 0.3 is 0 Å². The molecule has 6 nitrogen and oxygen atoms in total. The van der Waals surface area contributed by atoms with Crippen molar-refractivity contribution in [2.24, 2.45) is 5.92 Å². The van der Waals surface area contributed by atoms with Crippen LogP contribution in [0, 0.1) is 12.8 Å². The molecule has 1 aromatic heterocycles. The van der Waals surface area contributed by atoms with Crippen molar-refractivity contribution < 1.29 is 9.59 Å². The van der Waals surface area contributed by atoms with E-state index in [4.69, 9.17) is 0 Å². The van der Waals surface area contributed by atoms with Gasteiger partial charge in [0.1, 0.15) is 11.0 Å². The van der Waals surface area contributed by atoms with Crippen LogP contribution in [0.5, 0.6) is 0 Å². The Balaban J connectivity index is 1.68. The lowest BCUT2D eigenvalue weighted by atomic mass is 10.0. The fourth-order valence-corrected chi connectivity index (χ4v) is 3.46. The van der Waals surface area contributed by atoms with Crippen LogP contribution >= 0.6 is 11.3 Å². The van der Waals surface area contributed by atoms with Gasteiger partial charge in [-0.25, -0.2) is 0 Å². The number of hydrogen-bond acceptors (Lipinski definition) is 5. The molecule has 132 valence electrons. The van der Waals surface area contributed by atoms with Crippen LogP contribution in [0.3, 0.4) is 0 Å². The van der Waals surface area contributed by atoms with Gasteiger partial charge in [-0.05, 0) is 37.3 Å². The summed E-state index contributed by atoms with van der Waals surface area (Å²) in [6.07, 6.45) is 2.29. The van der Waals surface area contributed by atoms with Gasteiger partial charge in [0, 0.05) is 11.5 Å². The van der Waals surface area contributed by atoms with E-state index in [9.17, 15) is 9.59 Å². The summed E-state index contributed by atoms with van der Waals surface area (Å²) in [6, 6.07) is 6.69. The van der Waals surface area contributed by atoms with Gasteiger partial charge in [0.15, 0.2) is 0 Å². The number of nitrogens with one attached hydrogen (secondary N) is 2. The van der Waals surface area contributed by atoms with Gasteiger partial charge < -0.3 is 5.32 Å². The second-order valence-corrected chi connectivity index (χ2v) is 7.73. The molecule has 2 amide bonds. The van der Waals surface area contributed by atoms with E-state index in [0.29, 0.717) is 16.6 Å². The second-order valence-electron chi connectivity index (χ2n) is 6.72. The summed E-state index contributed by atoms with van der Waals surface area (Å²) in [5.74, 6) is -0.0630. The van der Waals surface area contributed by atoms with Crippen LogP contribution in [-0.4, -0.2) is 28.1 Å². The minimum absolute atomic E-state index is 0.0520. The fourth-order valence-electron chi connectivity index (χ4n) is 2.55. The van der Waals surface area contributed by atoms with E-state index in [1.807, 2.05) is 39.0 Å². The lowest BCUT2D eigenvalue weighted by molar-refractivity contribution is -0.118. The summed E-state index contributed by atoms with van der Waals surface area (Å²) < 4.78 is 0. The van der Waals surface area contributed by atoms with Crippen LogP contribution in [0.15, 0.2) is 24.3 Å². The molecular weight excluding hydrogens is 336 g/mol. The van der Waals surface area contributed by atoms with Crippen molar-refractivity contribution in [2.45, 2.75) is 45.6 Å². The molecule has 0 bridgehead atoms. The van der Waals surface area contributed by atoms with Crippen molar-refractivity contribution in [3.8, 4) is 0 Å². The van der Waals surface area contributed by atoms with Crippen molar-refractivity contribution in [3.63, 3.8) is 0 Å². The normalized spacial score (nSPS) is 15.0. The molecule has 0 aliphatic heterocycles. The van der Waals surface area contributed by atoms with E-state index in [1.54, 1.807) is 6.07 Å². The predicted octanol–water partition coefficient (Wildman–Crippen LogP) is 3.12. The third-order valence-electron chi connectivity index (χ3n) is 4.22. The molecule has 1 aliphatic rings. The average Bonchev–Trinajstić information content (AvgIpc) is 3.32. The van der Waals surface area contributed by atoms with Gasteiger partial charge in [0.05, 0.1) is 0 Å². The summed E-state index contributed by atoms with van der Waals surface area (Å²) in [5, 5.41) is 15.2. The van der Waals surface area contributed by atoms with E-state index < -0.39 is 6.04 Å². The van der Waals surface area contributed by atoms with Crippen molar-refractivity contribution in [2.75, 3.05) is 5.32 Å². The monoisotopic (exact) mass is 358 g/mol. The molecule has 1 aromatic carbocycles. The Morgan fingerprint density at radius 3 is 2.56 bits per heavy atom. The van der Waals surface area contributed by atoms with Crippen molar-refractivity contribution >= 4 is 28.3 Å². The lowest BCUT2D eigenvalue weighted by Crippen LogP contribution is -2.47. The van der Waals surface area contributed by atoms with Crippen LogP contribution in [0.25, 0.3) is 0 Å². The maximum Gasteiger partial charge on any atom is 0.252 e. The Morgan fingerprint density at radius 1 is 1.20 bits per heavy atom. The predicted molar refractivity (Wildman–Crippen MR) is 97.8 cm³/mol. The Bertz CT molecular complexity index is 783. The number of anilines is 1. The highest BCUT2D eigenvalue weighted by Gasteiger charge is 2.29. The van der Waals surface area contributed by atoms with Gasteiger partial charge in [0.25, 0.3) is 5.91 Å². The molecule has 7 heteroatoms. The summed E-state index contributed by atoms with van der Waals surface area (Å²) in [6.45, 7) is 5.68. The maximum atomic E-state index is 12.6. The molecule has 3 rings (SSSR count). The molecule has 1 saturated carbocycles. The zero-order valence-electron chi connectivity index (χ0n) is 14.6. The maximum absolute atomic E-state index is 12.6. The highest BCUT2D eigenvalue weighted by Crippen LogP contribution is 2.42. The molecule has 0 radical (unpaired) electrons. The second kappa shape index (κ2) is 7.31. The van der Waals surface area contributed by atoms with E-state index in [-0.39, 0.29) is 17.7 Å². The van der Waals surface area contributed by atoms with Crippen molar-refractivity contribution in [1.82, 2.24) is 15.5 Å². The Kier molecular flexibility index (Phi) is 5.13. The number of carbonyl (C=O) groups excluding carboxylic acids is 2. The van der Waals surface area contributed by atoms with Gasteiger partial charge in [-0.2, -0.15) is 0 Å². The highest BCUT2D eigenvalue weighted by atomic mass is 32.1. The molecule has 1 fully saturated rings. The molecule has 1 unspecified atom stereocenters.